The maximum Gasteiger partial charge on any atom is 0.416 e. The minimum Gasteiger partial charge on any atom is -0.497 e. The van der Waals surface area contributed by atoms with Crippen molar-refractivity contribution in [3.8, 4) is 17.1 Å². The van der Waals surface area contributed by atoms with E-state index in [0.29, 0.717) is 48.6 Å². The molecule has 0 bridgehead atoms. The molecule has 0 radical (unpaired) electrons. The van der Waals surface area contributed by atoms with Crippen molar-refractivity contribution in [3.05, 3.63) is 106 Å². The summed E-state index contributed by atoms with van der Waals surface area (Å²) in [6, 6.07) is 10.4. The van der Waals surface area contributed by atoms with Crippen LogP contribution in [0.3, 0.4) is 0 Å². The first-order chi connectivity index (χ1) is 19.0. The molecule has 0 fully saturated rings. The molecule has 0 spiro atoms. The summed E-state index contributed by atoms with van der Waals surface area (Å²) in [5.41, 5.74) is -1.79. The lowest BCUT2D eigenvalue weighted by Gasteiger charge is -2.29. The van der Waals surface area contributed by atoms with Gasteiger partial charge in [0.1, 0.15) is 17.3 Å². The van der Waals surface area contributed by atoms with Gasteiger partial charge in [0, 0.05) is 36.0 Å². The first-order valence-corrected chi connectivity index (χ1v) is 12.0. The van der Waals surface area contributed by atoms with Crippen LogP contribution in [0.25, 0.3) is 11.4 Å². The largest absolute Gasteiger partial charge is 0.497 e. The summed E-state index contributed by atoms with van der Waals surface area (Å²) in [6.45, 7) is 0.665. The van der Waals surface area contributed by atoms with E-state index in [1.54, 1.807) is 24.1 Å². The van der Waals surface area contributed by atoms with Crippen LogP contribution in [0.1, 0.15) is 38.2 Å². The molecule has 2 aromatic heterocycles. The second-order valence-electron chi connectivity index (χ2n) is 9.14. The molecule has 3 heterocycles. The van der Waals surface area contributed by atoms with Crippen molar-refractivity contribution in [1.82, 2.24) is 20.1 Å². The lowest BCUT2D eigenvalue weighted by atomic mass is 9.94. The minimum atomic E-state index is -5.02. The Morgan fingerprint density at radius 2 is 1.68 bits per heavy atom. The maximum atomic E-state index is 15.3. The zero-order valence-corrected chi connectivity index (χ0v) is 20.8. The number of methoxy groups -OCH3 is 1. The quantitative estimate of drug-likeness (QED) is 0.270. The summed E-state index contributed by atoms with van der Waals surface area (Å²) in [5.74, 6) is -5.09. The lowest BCUT2D eigenvalue weighted by molar-refractivity contribution is -0.138. The molecule has 4 aromatic rings. The zero-order valence-electron chi connectivity index (χ0n) is 20.8. The summed E-state index contributed by atoms with van der Waals surface area (Å²) in [4.78, 5) is 19.2. The number of carbonyl (C=O) groups is 1. The Balaban J connectivity index is 1.46. The second-order valence-corrected chi connectivity index (χ2v) is 9.14. The van der Waals surface area contributed by atoms with E-state index < -0.39 is 34.6 Å². The molecule has 1 aliphatic heterocycles. The van der Waals surface area contributed by atoms with Crippen LogP contribution in [0.15, 0.2) is 67.0 Å². The van der Waals surface area contributed by atoms with Crippen molar-refractivity contribution in [2.75, 3.05) is 13.7 Å². The average molecular weight is 558 g/mol. The molecule has 1 aliphatic rings. The number of nitrogens with zero attached hydrogens (tertiary/aromatic N) is 4. The molecule has 0 aliphatic carbocycles. The number of amides is 1. The Labute approximate surface area is 224 Å². The Morgan fingerprint density at radius 3 is 2.38 bits per heavy atom. The van der Waals surface area contributed by atoms with E-state index in [-0.39, 0.29) is 29.4 Å². The smallest absolute Gasteiger partial charge is 0.416 e. The monoisotopic (exact) mass is 558 g/mol. The molecule has 206 valence electrons. The fourth-order valence-electron chi connectivity index (χ4n) is 4.54. The third-order valence-corrected chi connectivity index (χ3v) is 6.58. The molecule has 2 aromatic carbocycles. The number of hydrogen-bond donors (Lipinski definition) is 0. The van der Waals surface area contributed by atoms with Crippen molar-refractivity contribution in [3.63, 3.8) is 0 Å². The number of benzene rings is 2. The number of fused-ring (bicyclic) bond motifs is 1. The van der Waals surface area contributed by atoms with Crippen LogP contribution in [0.2, 0.25) is 0 Å². The van der Waals surface area contributed by atoms with E-state index in [2.05, 4.69) is 15.2 Å². The van der Waals surface area contributed by atoms with Gasteiger partial charge in [0.25, 0.3) is 11.8 Å². The normalized spacial score (nSPS) is 13.8. The molecular weight excluding hydrogens is 538 g/mol. The van der Waals surface area contributed by atoms with Gasteiger partial charge in [0.15, 0.2) is 0 Å². The van der Waals surface area contributed by atoms with Crippen molar-refractivity contribution >= 4 is 5.91 Å². The summed E-state index contributed by atoms with van der Waals surface area (Å²) in [5, 5.41) is 7.50. The number of hydrogen-bond acceptors (Lipinski definition) is 5. The number of rotatable bonds is 6. The number of alkyl halides is 5. The Kier molecular flexibility index (Phi) is 6.94. The fourth-order valence-corrected chi connectivity index (χ4v) is 4.54. The van der Waals surface area contributed by atoms with Crippen LogP contribution in [-0.2, 0) is 25.1 Å². The highest BCUT2D eigenvalue weighted by molar-refractivity contribution is 5.98. The van der Waals surface area contributed by atoms with E-state index in [1.165, 1.54) is 12.3 Å². The first kappa shape index (κ1) is 27.1. The zero-order chi connectivity index (χ0) is 28.7. The lowest BCUT2D eigenvalue weighted by Crippen LogP contribution is -2.37. The van der Waals surface area contributed by atoms with Crippen LogP contribution in [0, 0.1) is 5.82 Å². The molecule has 40 heavy (non-hydrogen) atoms. The topological polar surface area (TPSA) is 68.2 Å². The number of pyridine rings is 1. The van der Waals surface area contributed by atoms with E-state index in [4.69, 9.17) is 4.74 Å². The highest BCUT2D eigenvalue weighted by atomic mass is 19.4. The number of aromatic nitrogens is 3. The maximum absolute atomic E-state index is 15.3. The predicted octanol–water partition coefficient (Wildman–Crippen LogP) is 6.04. The third-order valence-electron chi connectivity index (χ3n) is 6.58. The molecule has 0 saturated carbocycles. The van der Waals surface area contributed by atoms with Gasteiger partial charge in [-0.2, -0.15) is 27.1 Å². The molecule has 0 N–H and O–H groups in total. The number of carbonyl (C=O) groups excluding carboxylic acids is 1. The van der Waals surface area contributed by atoms with Gasteiger partial charge in [-0.25, -0.2) is 4.39 Å². The van der Waals surface area contributed by atoms with Crippen molar-refractivity contribution in [1.29, 1.82) is 0 Å². The van der Waals surface area contributed by atoms with E-state index in [1.807, 2.05) is 12.1 Å². The van der Waals surface area contributed by atoms with Crippen molar-refractivity contribution < 1.29 is 35.9 Å². The van der Waals surface area contributed by atoms with Gasteiger partial charge in [0.05, 0.1) is 24.6 Å². The SMILES string of the molecule is COc1ccc(CN2CCc3c(ccnc3-c3cc(C(F)(F)c4cc(F)cc(C(F)(F)F)c4)cnn3)C2=O)cc1. The van der Waals surface area contributed by atoms with Gasteiger partial charge in [-0.15, -0.1) is 5.10 Å². The van der Waals surface area contributed by atoms with Crippen LogP contribution >= 0.6 is 0 Å². The summed E-state index contributed by atoms with van der Waals surface area (Å²) < 4.78 is 89.1. The van der Waals surface area contributed by atoms with Crippen LogP contribution < -0.4 is 4.74 Å². The highest BCUT2D eigenvalue weighted by Gasteiger charge is 2.39. The van der Waals surface area contributed by atoms with Gasteiger partial charge in [-0.05, 0) is 60.0 Å². The molecule has 0 saturated heterocycles. The second kappa shape index (κ2) is 10.2. The van der Waals surface area contributed by atoms with Crippen LogP contribution in [0.5, 0.6) is 5.75 Å². The Morgan fingerprint density at radius 1 is 0.950 bits per heavy atom. The molecule has 1 amide bonds. The number of ether oxygens (including phenoxy) is 1. The van der Waals surface area contributed by atoms with Gasteiger partial charge in [0.2, 0.25) is 0 Å². The molecule has 5 rings (SSSR count). The number of halogens is 6. The van der Waals surface area contributed by atoms with Crippen LogP contribution in [0.4, 0.5) is 26.3 Å². The van der Waals surface area contributed by atoms with Crippen molar-refractivity contribution in [2.45, 2.75) is 25.1 Å². The molecular formula is C28H20F6N4O2. The van der Waals surface area contributed by atoms with Gasteiger partial charge in [-0.1, -0.05) is 12.1 Å². The Hall–Kier alpha value is -4.48. The van der Waals surface area contributed by atoms with Crippen molar-refractivity contribution in [2.24, 2.45) is 0 Å². The fraction of sp³-hybridized carbons (Fsp3) is 0.214. The molecule has 12 heteroatoms. The summed E-state index contributed by atoms with van der Waals surface area (Å²) in [6.07, 6.45) is -2.63. The van der Waals surface area contributed by atoms with E-state index >= 15 is 8.78 Å². The predicted molar refractivity (Wildman–Crippen MR) is 131 cm³/mol. The summed E-state index contributed by atoms with van der Waals surface area (Å²) >= 11 is 0. The van der Waals surface area contributed by atoms with E-state index in [0.717, 1.165) is 11.6 Å². The van der Waals surface area contributed by atoms with E-state index in [9.17, 15) is 22.4 Å². The van der Waals surface area contributed by atoms with Gasteiger partial charge >= 0.3 is 6.18 Å². The summed E-state index contributed by atoms with van der Waals surface area (Å²) in [7, 11) is 1.55. The molecule has 6 nitrogen and oxygen atoms in total. The minimum absolute atomic E-state index is 0.0992. The van der Waals surface area contributed by atoms with Crippen LogP contribution in [-0.4, -0.2) is 39.6 Å². The van der Waals surface area contributed by atoms with Gasteiger partial charge < -0.3 is 9.64 Å². The van der Waals surface area contributed by atoms with Gasteiger partial charge in [-0.3, -0.25) is 9.78 Å². The standard InChI is InChI=1S/C28H20F6N4O2/c1-40-21-4-2-16(3-5-21)15-38-9-7-22-23(26(38)39)6-8-35-25(22)24-13-19(14-36-37-24)27(30,31)17-10-18(28(32,33)34)12-20(29)11-17/h2-6,8,10-14H,7,9,15H2,1H3. The first-order valence-electron chi connectivity index (χ1n) is 12.0. The highest BCUT2D eigenvalue weighted by Crippen LogP contribution is 2.40. The molecule has 0 unspecified atom stereocenters. The third kappa shape index (κ3) is 5.21. The molecule has 0 atom stereocenters. The Bertz CT molecular complexity index is 1570. The average Bonchev–Trinajstić information content (AvgIpc) is 2.94.